The van der Waals surface area contributed by atoms with Gasteiger partial charge in [-0.05, 0) is 44.2 Å². The van der Waals surface area contributed by atoms with E-state index in [1.165, 1.54) is 6.07 Å². The summed E-state index contributed by atoms with van der Waals surface area (Å²) in [6.07, 6.45) is 5.22. The van der Waals surface area contributed by atoms with Gasteiger partial charge >= 0.3 is 5.97 Å². The average Bonchev–Trinajstić information content (AvgIpc) is 2.67. The number of hydrogen-bond acceptors (Lipinski definition) is 5. The van der Waals surface area contributed by atoms with Crippen LogP contribution in [0.2, 0.25) is 0 Å². The SMILES string of the molecule is CCOC(=O)CC1(CNC(=O)c2cc(=O)c3cc(C)ccc3o2)CCCCC1. The Morgan fingerprint density at radius 2 is 1.93 bits per heavy atom. The van der Waals surface area contributed by atoms with Crippen molar-refractivity contribution < 1.29 is 18.7 Å². The highest BCUT2D eigenvalue weighted by Gasteiger charge is 2.35. The molecule has 1 saturated carbocycles. The van der Waals surface area contributed by atoms with Gasteiger partial charge in [0.15, 0.2) is 11.2 Å². The molecular formula is C22H27NO5. The first kappa shape index (κ1) is 20.1. The lowest BCUT2D eigenvalue weighted by Crippen LogP contribution is -2.41. The molecule has 3 rings (SSSR count). The van der Waals surface area contributed by atoms with Crippen LogP contribution in [-0.2, 0) is 9.53 Å². The van der Waals surface area contributed by atoms with Gasteiger partial charge in [-0.3, -0.25) is 14.4 Å². The summed E-state index contributed by atoms with van der Waals surface area (Å²) in [5, 5.41) is 3.34. The summed E-state index contributed by atoms with van der Waals surface area (Å²) < 4.78 is 10.8. The topological polar surface area (TPSA) is 85.6 Å². The maximum atomic E-state index is 12.6. The second-order valence-electron chi connectivity index (χ2n) is 7.70. The van der Waals surface area contributed by atoms with Gasteiger partial charge in [-0.1, -0.05) is 30.9 Å². The minimum Gasteiger partial charge on any atom is -0.466 e. The lowest BCUT2D eigenvalue weighted by atomic mass is 9.71. The van der Waals surface area contributed by atoms with Crippen LogP contribution in [0.1, 0.15) is 61.6 Å². The Hall–Kier alpha value is -2.63. The Balaban J connectivity index is 1.75. The van der Waals surface area contributed by atoms with Crippen LogP contribution in [-0.4, -0.2) is 25.0 Å². The van der Waals surface area contributed by atoms with Gasteiger partial charge in [0.25, 0.3) is 5.91 Å². The van der Waals surface area contributed by atoms with Crippen molar-refractivity contribution in [1.82, 2.24) is 5.32 Å². The zero-order chi connectivity index (χ0) is 20.1. The predicted octanol–water partition coefficient (Wildman–Crippen LogP) is 3.73. The minimum atomic E-state index is -0.437. The van der Waals surface area contributed by atoms with E-state index in [1.807, 2.05) is 13.0 Å². The second-order valence-corrected chi connectivity index (χ2v) is 7.70. The lowest BCUT2D eigenvalue weighted by molar-refractivity contribution is -0.146. The number of esters is 1. The molecule has 0 unspecified atom stereocenters. The molecule has 1 aromatic carbocycles. The first-order valence-corrected chi connectivity index (χ1v) is 9.91. The molecule has 0 saturated heterocycles. The average molecular weight is 385 g/mol. The Kier molecular flexibility index (Phi) is 6.17. The van der Waals surface area contributed by atoms with Gasteiger partial charge in [0, 0.05) is 12.6 Å². The van der Waals surface area contributed by atoms with E-state index in [-0.39, 0.29) is 22.6 Å². The van der Waals surface area contributed by atoms with E-state index >= 15 is 0 Å². The molecule has 1 N–H and O–H groups in total. The summed E-state index contributed by atoms with van der Waals surface area (Å²) in [5.74, 6) is -0.678. The van der Waals surface area contributed by atoms with Crippen molar-refractivity contribution in [3.63, 3.8) is 0 Å². The summed E-state index contributed by atoms with van der Waals surface area (Å²) in [6.45, 7) is 4.40. The number of ether oxygens (including phenoxy) is 1. The van der Waals surface area contributed by atoms with Crippen LogP contribution in [0.15, 0.2) is 33.5 Å². The van der Waals surface area contributed by atoms with E-state index in [2.05, 4.69) is 5.32 Å². The zero-order valence-electron chi connectivity index (χ0n) is 16.5. The number of hydrogen-bond donors (Lipinski definition) is 1. The van der Waals surface area contributed by atoms with E-state index in [0.29, 0.717) is 30.5 Å². The highest BCUT2D eigenvalue weighted by atomic mass is 16.5. The van der Waals surface area contributed by atoms with Crippen LogP contribution in [0.4, 0.5) is 0 Å². The number of amides is 1. The van der Waals surface area contributed by atoms with Crippen LogP contribution in [0.25, 0.3) is 11.0 Å². The fourth-order valence-electron chi connectivity index (χ4n) is 3.97. The number of nitrogens with one attached hydrogen (secondary N) is 1. The van der Waals surface area contributed by atoms with Crippen LogP contribution in [0.5, 0.6) is 0 Å². The van der Waals surface area contributed by atoms with Crippen molar-refractivity contribution in [2.45, 2.75) is 52.4 Å². The molecule has 1 heterocycles. The van der Waals surface area contributed by atoms with E-state index < -0.39 is 5.91 Å². The summed E-state index contributed by atoms with van der Waals surface area (Å²) in [4.78, 5) is 37.0. The molecule has 1 aliphatic rings. The molecule has 0 bridgehead atoms. The second kappa shape index (κ2) is 8.59. The zero-order valence-corrected chi connectivity index (χ0v) is 16.5. The number of fused-ring (bicyclic) bond motifs is 1. The van der Waals surface area contributed by atoms with Crippen molar-refractivity contribution >= 4 is 22.8 Å². The summed E-state index contributed by atoms with van der Waals surface area (Å²) in [5.41, 5.74) is 0.806. The first-order chi connectivity index (χ1) is 13.4. The van der Waals surface area contributed by atoms with E-state index in [1.54, 1.807) is 19.1 Å². The van der Waals surface area contributed by atoms with Crippen LogP contribution >= 0.6 is 0 Å². The fourth-order valence-corrected chi connectivity index (χ4v) is 3.97. The Morgan fingerprint density at radius 3 is 2.64 bits per heavy atom. The molecule has 1 fully saturated rings. The number of carbonyl (C=O) groups is 2. The molecule has 6 heteroatoms. The Bertz CT molecular complexity index is 924. The van der Waals surface area contributed by atoms with E-state index in [9.17, 15) is 14.4 Å². The quantitative estimate of drug-likeness (QED) is 0.766. The molecule has 1 aliphatic carbocycles. The summed E-state index contributed by atoms with van der Waals surface area (Å²) in [6, 6.07) is 6.52. The fraction of sp³-hybridized carbons (Fsp3) is 0.500. The van der Waals surface area contributed by atoms with Gasteiger partial charge < -0.3 is 14.5 Å². The van der Waals surface area contributed by atoms with Gasteiger partial charge in [-0.2, -0.15) is 0 Å². The van der Waals surface area contributed by atoms with Crippen LogP contribution in [0.3, 0.4) is 0 Å². The maximum Gasteiger partial charge on any atom is 0.306 e. The normalized spacial score (nSPS) is 15.9. The largest absolute Gasteiger partial charge is 0.466 e. The minimum absolute atomic E-state index is 0.0107. The number of aryl methyl sites for hydroxylation is 1. The predicted molar refractivity (Wildman–Crippen MR) is 106 cm³/mol. The summed E-state index contributed by atoms with van der Waals surface area (Å²) >= 11 is 0. The number of benzene rings is 1. The third-order valence-electron chi connectivity index (χ3n) is 5.47. The van der Waals surface area contributed by atoms with Crippen LogP contribution < -0.4 is 10.7 Å². The Morgan fingerprint density at radius 1 is 1.18 bits per heavy atom. The third-order valence-corrected chi connectivity index (χ3v) is 5.47. The van der Waals surface area contributed by atoms with Crippen molar-refractivity contribution in [3.05, 3.63) is 45.8 Å². The number of carbonyl (C=O) groups excluding carboxylic acids is 2. The van der Waals surface area contributed by atoms with E-state index in [4.69, 9.17) is 9.15 Å². The smallest absolute Gasteiger partial charge is 0.306 e. The molecule has 2 aromatic rings. The molecule has 0 spiro atoms. The van der Waals surface area contributed by atoms with E-state index in [0.717, 1.165) is 37.7 Å². The van der Waals surface area contributed by atoms with Crippen molar-refractivity contribution in [1.29, 1.82) is 0 Å². The standard InChI is InChI=1S/C22H27NO5/c1-3-27-20(25)13-22(9-5-4-6-10-22)14-23-21(26)19-12-17(24)16-11-15(2)7-8-18(16)28-19/h7-8,11-12H,3-6,9-10,13-14H2,1-2H3,(H,23,26). The molecule has 28 heavy (non-hydrogen) atoms. The third kappa shape index (κ3) is 4.61. The lowest BCUT2D eigenvalue weighted by Gasteiger charge is -2.36. The van der Waals surface area contributed by atoms with Crippen molar-refractivity contribution in [2.24, 2.45) is 5.41 Å². The molecule has 0 aliphatic heterocycles. The van der Waals surface area contributed by atoms with Gasteiger partial charge in [0.1, 0.15) is 5.58 Å². The first-order valence-electron chi connectivity index (χ1n) is 9.91. The van der Waals surface area contributed by atoms with Gasteiger partial charge in [0.2, 0.25) is 0 Å². The monoisotopic (exact) mass is 385 g/mol. The maximum absolute atomic E-state index is 12.6. The molecule has 1 amide bonds. The molecule has 150 valence electrons. The van der Waals surface area contributed by atoms with Crippen LogP contribution in [0, 0.1) is 12.3 Å². The molecule has 0 radical (unpaired) electrons. The van der Waals surface area contributed by atoms with Gasteiger partial charge in [-0.25, -0.2) is 0 Å². The summed E-state index contributed by atoms with van der Waals surface area (Å²) in [7, 11) is 0. The highest BCUT2D eigenvalue weighted by molar-refractivity contribution is 5.93. The molecular weight excluding hydrogens is 358 g/mol. The molecule has 1 aromatic heterocycles. The van der Waals surface area contributed by atoms with Crippen molar-refractivity contribution in [3.8, 4) is 0 Å². The van der Waals surface area contributed by atoms with Crippen molar-refractivity contribution in [2.75, 3.05) is 13.2 Å². The number of rotatable bonds is 6. The van der Waals surface area contributed by atoms with Gasteiger partial charge in [-0.15, -0.1) is 0 Å². The Labute approximate surface area is 164 Å². The molecule has 6 nitrogen and oxygen atoms in total. The highest BCUT2D eigenvalue weighted by Crippen LogP contribution is 2.39. The van der Waals surface area contributed by atoms with Gasteiger partial charge in [0.05, 0.1) is 18.4 Å². The molecule has 0 atom stereocenters.